The minimum atomic E-state index is -1.13. The SMILES string of the molecule is CC(C)OC(=O)CSc1ccc(C(=O)O)o1. The van der Waals surface area contributed by atoms with Crippen molar-refractivity contribution in [1.29, 1.82) is 0 Å². The highest BCUT2D eigenvalue weighted by molar-refractivity contribution is 7.99. The molecular formula is C10H12O5S. The number of ether oxygens (including phenoxy) is 1. The summed E-state index contributed by atoms with van der Waals surface area (Å²) in [7, 11) is 0. The number of esters is 1. The van der Waals surface area contributed by atoms with Crippen LogP contribution >= 0.6 is 11.8 Å². The third-order valence-corrected chi connectivity index (χ3v) is 2.38. The highest BCUT2D eigenvalue weighted by Crippen LogP contribution is 2.21. The Bertz CT molecular complexity index is 382. The summed E-state index contributed by atoms with van der Waals surface area (Å²) in [6.45, 7) is 3.52. The lowest BCUT2D eigenvalue weighted by Crippen LogP contribution is -2.13. The second-order valence-corrected chi connectivity index (χ2v) is 4.23. The molecule has 6 heteroatoms. The molecule has 0 atom stereocenters. The molecule has 0 amide bonds. The summed E-state index contributed by atoms with van der Waals surface area (Å²) < 4.78 is 9.86. The van der Waals surface area contributed by atoms with E-state index >= 15 is 0 Å². The molecule has 0 spiro atoms. The number of carbonyl (C=O) groups is 2. The van der Waals surface area contributed by atoms with Crippen LogP contribution in [0.25, 0.3) is 0 Å². The van der Waals surface area contributed by atoms with Crippen molar-refractivity contribution in [2.75, 3.05) is 5.75 Å². The third kappa shape index (κ3) is 3.98. The maximum atomic E-state index is 11.2. The van der Waals surface area contributed by atoms with Gasteiger partial charge >= 0.3 is 11.9 Å². The highest BCUT2D eigenvalue weighted by atomic mass is 32.2. The molecular weight excluding hydrogens is 232 g/mol. The van der Waals surface area contributed by atoms with E-state index in [2.05, 4.69) is 0 Å². The second-order valence-electron chi connectivity index (χ2n) is 3.25. The van der Waals surface area contributed by atoms with Crippen LogP contribution in [0.1, 0.15) is 24.4 Å². The molecule has 0 radical (unpaired) electrons. The summed E-state index contributed by atoms with van der Waals surface area (Å²) in [4.78, 5) is 21.7. The summed E-state index contributed by atoms with van der Waals surface area (Å²) in [5.41, 5.74) is 0. The summed E-state index contributed by atoms with van der Waals surface area (Å²) in [6.07, 6.45) is -0.153. The van der Waals surface area contributed by atoms with Gasteiger partial charge in [-0.2, -0.15) is 0 Å². The number of hydrogen-bond acceptors (Lipinski definition) is 5. The Balaban J connectivity index is 2.42. The van der Waals surface area contributed by atoms with Gasteiger partial charge in [-0.15, -0.1) is 0 Å². The van der Waals surface area contributed by atoms with Crippen molar-refractivity contribution in [3.05, 3.63) is 17.9 Å². The fraction of sp³-hybridized carbons (Fsp3) is 0.400. The van der Waals surface area contributed by atoms with E-state index in [-0.39, 0.29) is 23.6 Å². The average molecular weight is 244 g/mol. The van der Waals surface area contributed by atoms with Gasteiger partial charge in [-0.3, -0.25) is 4.79 Å². The fourth-order valence-corrected chi connectivity index (χ4v) is 1.58. The van der Waals surface area contributed by atoms with Crippen molar-refractivity contribution in [2.45, 2.75) is 25.0 Å². The molecule has 0 aliphatic heterocycles. The van der Waals surface area contributed by atoms with Gasteiger partial charge in [0.05, 0.1) is 11.9 Å². The van der Waals surface area contributed by atoms with Crippen LogP contribution in [0, 0.1) is 0 Å². The second kappa shape index (κ2) is 5.60. The zero-order chi connectivity index (χ0) is 12.1. The first-order valence-electron chi connectivity index (χ1n) is 4.64. The summed E-state index contributed by atoms with van der Waals surface area (Å²) in [6, 6.07) is 2.86. The summed E-state index contributed by atoms with van der Waals surface area (Å²) >= 11 is 1.10. The first-order valence-corrected chi connectivity index (χ1v) is 5.63. The van der Waals surface area contributed by atoms with Gasteiger partial charge in [-0.05, 0) is 26.0 Å². The van der Waals surface area contributed by atoms with Crippen LogP contribution in [0.15, 0.2) is 21.6 Å². The van der Waals surface area contributed by atoms with Crippen LogP contribution in [-0.2, 0) is 9.53 Å². The first kappa shape index (κ1) is 12.6. The van der Waals surface area contributed by atoms with E-state index in [1.807, 2.05) is 0 Å². The van der Waals surface area contributed by atoms with Crippen LogP contribution in [-0.4, -0.2) is 28.9 Å². The quantitative estimate of drug-likeness (QED) is 0.630. The molecule has 0 saturated carbocycles. The molecule has 0 saturated heterocycles. The number of carboxylic acids is 1. The van der Waals surface area contributed by atoms with Crippen molar-refractivity contribution in [1.82, 2.24) is 0 Å². The molecule has 0 unspecified atom stereocenters. The molecule has 0 fully saturated rings. The van der Waals surface area contributed by atoms with Crippen molar-refractivity contribution >= 4 is 23.7 Å². The van der Waals surface area contributed by atoms with E-state index < -0.39 is 5.97 Å². The van der Waals surface area contributed by atoms with E-state index in [9.17, 15) is 9.59 Å². The lowest BCUT2D eigenvalue weighted by Gasteiger charge is -2.06. The van der Waals surface area contributed by atoms with Crippen LogP contribution in [0.5, 0.6) is 0 Å². The molecule has 88 valence electrons. The highest BCUT2D eigenvalue weighted by Gasteiger charge is 2.11. The Kier molecular flexibility index (Phi) is 4.42. The van der Waals surface area contributed by atoms with E-state index in [1.54, 1.807) is 13.8 Å². The molecule has 0 aliphatic carbocycles. The van der Waals surface area contributed by atoms with Gasteiger partial charge in [-0.25, -0.2) is 4.79 Å². The Morgan fingerprint density at radius 2 is 2.19 bits per heavy atom. The van der Waals surface area contributed by atoms with E-state index in [4.69, 9.17) is 14.3 Å². The maximum absolute atomic E-state index is 11.2. The molecule has 1 rings (SSSR count). The number of thioether (sulfide) groups is 1. The van der Waals surface area contributed by atoms with Gasteiger partial charge in [-0.1, -0.05) is 11.8 Å². The van der Waals surface area contributed by atoms with Crippen LogP contribution in [0.3, 0.4) is 0 Å². The van der Waals surface area contributed by atoms with Gasteiger partial charge in [0.2, 0.25) is 5.76 Å². The summed E-state index contributed by atoms with van der Waals surface area (Å²) in [5, 5.41) is 8.99. The van der Waals surface area contributed by atoms with Crippen molar-refractivity contribution in [2.24, 2.45) is 0 Å². The third-order valence-electron chi connectivity index (χ3n) is 1.49. The number of hydrogen-bond donors (Lipinski definition) is 1. The minimum Gasteiger partial charge on any atom is -0.475 e. The predicted octanol–water partition coefficient (Wildman–Crippen LogP) is 2.02. The Hall–Kier alpha value is -1.43. The number of carboxylic acid groups (broad SMARTS) is 1. The molecule has 0 aliphatic rings. The average Bonchev–Trinajstić information content (AvgIpc) is 2.61. The van der Waals surface area contributed by atoms with E-state index in [0.29, 0.717) is 5.09 Å². The fourth-order valence-electron chi connectivity index (χ4n) is 0.940. The molecule has 1 N–H and O–H groups in total. The molecule has 1 aromatic rings. The molecule has 0 bridgehead atoms. The Morgan fingerprint density at radius 3 is 2.69 bits per heavy atom. The Labute approximate surface area is 96.8 Å². The monoisotopic (exact) mass is 244 g/mol. The maximum Gasteiger partial charge on any atom is 0.371 e. The smallest absolute Gasteiger partial charge is 0.371 e. The minimum absolute atomic E-state index is 0.102. The standard InChI is InChI=1S/C10H12O5S/c1-6(2)14-8(11)5-16-9-4-3-7(15-9)10(12)13/h3-4,6H,5H2,1-2H3,(H,12,13). The zero-order valence-electron chi connectivity index (χ0n) is 8.93. The topological polar surface area (TPSA) is 76.7 Å². The normalized spacial score (nSPS) is 10.4. The van der Waals surface area contributed by atoms with Crippen LogP contribution in [0.4, 0.5) is 0 Å². The summed E-state index contributed by atoms with van der Waals surface area (Å²) in [5.74, 6) is -1.52. The van der Waals surface area contributed by atoms with Crippen molar-refractivity contribution < 1.29 is 23.8 Å². The molecule has 16 heavy (non-hydrogen) atoms. The Morgan fingerprint density at radius 1 is 1.50 bits per heavy atom. The molecule has 5 nitrogen and oxygen atoms in total. The number of rotatable bonds is 5. The number of furan rings is 1. The number of aromatic carboxylic acids is 1. The molecule has 1 aromatic heterocycles. The zero-order valence-corrected chi connectivity index (χ0v) is 9.74. The van der Waals surface area contributed by atoms with Crippen LogP contribution < -0.4 is 0 Å². The van der Waals surface area contributed by atoms with Gasteiger partial charge in [0, 0.05) is 0 Å². The molecule has 1 heterocycles. The van der Waals surface area contributed by atoms with Gasteiger partial charge < -0.3 is 14.3 Å². The van der Waals surface area contributed by atoms with E-state index in [1.165, 1.54) is 12.1 Å². The number of carbonyl (C=O) groups excluding carboxylic acids is 1. The van der Waals surface area contributed by atoms with E-state index in [0.717, 1.165) is 11.8 Å². The van der Waals surface area contributed by atoms with Gasteiger partial charge in [0.1, 0.15) is 0 Å². The predicted molar refractivity (Wildman–Crippen MR) is 57.6 cm³/mol. The van der Waals surface area contributed by atoms with Crippen molar-refractivity contribution in [3.63, 3.8) is 0 Å². The lowest BCUT2D eigenvalue weighted by atomic mass is 10.5. The van der Waals surface area contributed by atoms with Gasteiger partial charge in [0.25, 0.3) is 0 Å². The van der Waals surface area contributed by atoms with Crippen molar-refractivity contribution in [3.8, 4) is 0 Å². The lowest BCUT2D eigenvalue weighted by molar-refractivity contribution is -0.144. The largest absolute Gasteiger partial charge is 0.475 e. The molecule has 0 aromatic carbocycles. The first-order chi connectivity index (χ1) is 7.49. The van der Waals surface area contributed by atoms with Crippen LogP contribution in [0.2, 0.25) is 0 Å². The van der Waals surface area contributed by atoms with Gasteiger partial charge in [0.15, 0.2) is 5.09 Å².